The lowest BCUT2D eigenvalue weighted by atomic mass is 10.2. The van der Waals surface area contributed by atoms with Crippen LogP contribution in [0.25, 0.3) is 22.1 Å². The minimum atomic E-state index is -0.341. The van der Waals surface area contributed by atoms with Gasteiger partial charge in [-0.15, -0.1) is 5.10 Å². The normalized spacial score (nSPS) is 12.9. The second-order valence-corrected chi connectivity index (χ2v) is 6.04. The van der Waals surface area contributed by atoms with Crippen molar-refractivity contribution in [3.63, 3.8) is 0 Å². The highest BCUT2D eigenvalue weighted by Crippen LogP contribution is 2.19. The van der Waals surface area contributed by atoms with Gasteiger partial charge in [0.1, 0.15) is 17.9 Å². The number of imidazole rings is 1. The fourth-order valence-electron chi connectivity index (χ4n) is 2.98. The highest BCUT2D eigenvalue weighted by molar-refractivity contribution is 5.76. The number of nitrogens with zero attached hydrogens (tertiary/aromatic N) is 5. The van der Waals surface area contributed by atoms with E-state index in [1.165, 1.54) is 0 Å². The summed E-state index contributed by atoms with van der Waals surface area (Å²) in [6.45, 7) is 3.08. The summed E-state index contributed by atoms with van der Waals surface area (Å²) < 4.78 is 4.04. The number of hydrogen-bond acceptors (Lipinski definition) is 4. The summed E-state index contributed by atoms with van der Waals surface area (Å²) in [5.41, 5.74) is 3.91. The number of aliphatic hydroxyl groups excluding tert-OH is 1. The molecule has 0 spiro atoms. The molecule has 6 heteroatoms. The molecule has 24 heavy (non-hydrogen) atoms. The molecule has 0 aliphatic rings. The summed E-state index contributed by atoms with van der Waals surface area (Å²) in [6.07, 6.45) is 0.345. The van der Waals surface area contributed by atoms with Gasteiger partial charge in [0.05, 0.1) is 22.7 Å². The molecular formula is C18H19N5O. The molecule has 1 atom stereocenters. The lowest BCUT2D eigenvalue weighted by Gasteiger charge is -2.11. The van der Waals surface area contributed by atoms with E-state index in [2.05, 4.69) is 20.9 Å². The van der Waals surface area contributed by atoms with Crippen molar-refractivity contribution < 1.29 is 5.11 Å². The van der Waals surface area contributed by atoms with Crippen LogP contribution < -0.4 is 0 Å². The molecule has 0 fully saturated rings. The zero-order chi connectivity index (χ0) is 16.5. The maximum Gasteiger partial charge on any atom is 0.131 e. The van der Waals surface area contributed by atoms with Gasteiger partial charge in [-0.3, -0.25) is 0 Å². The maximum atomic E-state index is 9.65. The lowest BCUT2D eigenvalue weighted by Crippen LogP contribution is -2.13. The van der Waals surface area contributed by atoms with Gasteiger partial charge in [0.2, 0.25) is 0 Å². The molecule has 0 radical (unpaired) electrons. The molecule has 0 aliphatic heterocycles. The van der Waals surface area contributed by atoms with Gasteiger partial charge < -0.3 is 9.67 Å². The fraction of sp³-hybridized carbons (Fsp3) is 0.278. The third-order valence-electron chi connectivity index (χ3n) is 4.22. The summed E-state index contributed by atoms with van der Waals surface area (Å²) in [6, 6.07) is 16.0. The second kappa shape index (κ2) is 6.05. The van der Waals surface area contributed by atoms with Crippen molar-refractivity contribution >= 4 is 22.1 Å². The Bertz CT molecular complexity index is 985. The van der Waals surface area contributed by atoms with Crippen LogP contribution in [0.15, 0.2) is 48.5 Å². The number of hydrogen-bond donors (Lipinski definition) is 1. The van der Waals surface area contributed by atoms with Crippen LogP contribution in [0.2, 0.25) is 0 Å². The molecule has 2 heterocycles. The smallest absolute Gasteiger partial charge is 0.131 e. The van der Waals surface area contributed by atoms with Crippen LogP contribution in [0.5, 0.6) is 0 Å². The Morgan fingerprint density at radius 3 is 2.50 bits per heavy atom. The molecular weight excluding hydrogens is 302 g/mol. The van der Waals surface area contributed by atoms with Gasteiger partial charge in [0.15, 0.2) is 0 Å². The number of fused-ring (bicyclic) bond motifs is 2. The van der Waals surface area contributed by atoms with E-state index in [0.29, 0.717) is 13.0 Å². The molecule has 0 aliphatic carbocycles. The molecule has 1 N–H and O–H groups in total. The van der Waals surface area contributed by atoms with E-state index in [9.17, 15) is 5.11 Å². The van der Waals surface area contributed by atoms with E-state index in [1.54, 1.807) is 0 Å². The first-order chi connectivity index (χ1) is 11.7. The largest absolute Gasteiger partial charge is 0.393 e. The van der Waals surface area contributed by atoms with Gasteiger partial charge in [0.25, 0.3) is 0 Å². The van der Waals surface area contributed by atoms with E-state index in [0.717, 1.165) is 34.4 Å². The van der Waals surface area contributed by atoms with E-state index in [4.69, 9.17) is 4.98 Å². The Labute approximate surface area is 139 Å². The molecule has 4 aromatic rings. The molecule has 0 saturated carbocycles. The number of para-hydroxylation sites is 3. The Morgan fingerprint density at radius 2 is 1.71 bits per heavy atom. The Hall–Kier alpha value is -2.73. The monoisotopic (exact) mass is 321 g/mol. The third-order valence-corrected chi connectivity index (χ3v) is 4.22. The molecule has 1 unspecified atom stereocenters. The predicted molar refractivity (Wildman–Crippen MR) is 92.7 cm³/mol. The number of rotatable bonds is 5. The van der Waals surface area contributed by atoms with Crippen molar-refractivity contribution in [2.45, 2.75) is 32.5 Å². The van der Waals surface area contributed by atoms with E-state index >= 15 is 0 Å². The maximum absolute atomic E-state index is 9.65. The van der Waals surface area contributed by atoms with E-state index in [1.807, 2.05) is 54.1 Å². The summed E-state index contributed by atoms with van der Waals surface area (Å²) in [5.74, 6) is 0.924. The van der Waals surface area contributed by atoms with Crippen molar-refractivity contribution in [1.29, 1.82) is 0 Å². The fourth-order valence-corrected chi connectivity index (χ4v) is 2.98. The summed E-state index contributed by atoms with van der Waals surface area (Å²) >= 11 is 0. The summed E-state index contributed by atoms with van der Waals surface area (Å²) in [4.78, 5) is 4.77. The Kier molecular flexibility index (Phi) is 3.74. The third kappa shape index (κ3) is 2.65. The predicted octanol–water partition coefficient (Wildman–Crippen LogP) is 2.60. The van der Waals surface area contributed by atoms with Gasteiger partial charge in [-0.1, -0.05) is 29.5 Å². The van der Waals surface area contributed by atoms with Gasteiger partial charge >= 0.3 is 0 Å². The topological polar surface area (TPSA) is 68.8 Å². The van der Waals surface area contributed by atoms with Crippen LogP contribution in [0, 0.1) is 0 Å². The van der Waals surface area contributed by atoms with Crippen molar-refractivity contribution in [2.75, 3.05) is 0 Å². The minimum Gasteiger partial charge on any atom is -0.393 e. The second-order valence-electron chi connectivity index (χ2n) is 6.04. The molecule has 2 aromatic heterocycles. The SMILES string of the molecule is CC(O)CCn1c(Cn2nnc3ccccc32)nc2ccccc21. The first-order valence-corrected chi connectivity index (χ1v) is 8.13. The van der Waals surface area contributed by atoms with Crippen molar-refractivity contribution in [3.05, 3.63) is 54.4 Å². The molecule has 4 rings (SSSR count). The van der Waals surface area contributed by atoms with Gasteiger partial charge in [0, 0.05) is 6.54 Å². The van der Waals surface area contributed by atoms with Gasteiger partial charge in [-0.25, -0.2) is 9.67 Å². The van der Waals surface area contributed by atoms with Crippen LogP contribution in [0.1, 0.15) is 19.2 Å². The van der Waals surface area contributed by atoms with Crippen LogP contribution in [0.4, 0.5) is 0 Å². The number of aliphatic hydroxyl groups is 1. The molecule has 2 aromatic carbocycles. The van der Waals surface area contributed by atoms with Crippen molar-refractivity contribution in [3.8, 4) is 0 Å². The minimum absolute atomic E-state index is 0.341. The van der Waals surface area contributed by atoms with Crippen molar-refractivity contribution in [2.24, 2.45) is 0 Å². The zero-order valence-corrected chi connectivity index (χ0v) is 13.5. The number of benzene rings is 2. The quantitative estimate of drug-likeness (QED) is 0.613. The van der Waals surface area contributed by atoms with Crippen LogP contribution in [0.3, 0.4) is 0 Å². The standard InChI is InChI=1S/C18H19N5O/c1-13(24)10-11-22-16-8-4-2-6-14(16)19-18(22)12-23-17-9-5-3-7-15(17)20-21-23/h2-9,13,24H,10-12H2,1H3. The molecule has 0 saturated heterocycles. The highest BCUT2D eigenvalue weighted by atomic mass is 16.3. The van der Waals surface area contributed by atoms with Crippen LogP contribution >= 0.6 is 0 Å². The lowest BCUT2D eigenvalue weighted by molar-refractivity contribution is 0.178. The highest BCUT2D eigenvalue weighted by Gasteiger charge is 2.13. The average molecular weight is 321 g/mol. The van der Waals surface area contributed by atoms with E-state index in [-0.39, 0.29) is 6.10 Å². The zero-order valence-electron chi connectivity index (χ0n) is 13.5. The van der Waals surface area contributed by atoms with Crippen LogP contribution in [-0.4, -0.2) is 35.8 Å². The Morgan fingerprint density at radius 1 is 1.00 bits per heavy atom. The Balaban J connectivity index is 1.76. The molecule has 0 amide bonds. The molecule has 6 nitrogen and oxygen atoms in total. The summed E-state index contributed by atoms with van der Waals surface area (Å²) in [7, 11) is 0. The molecule has 0 bridgehead atoms. The van der Waals surface area contributed by atoms with Gasteiger partial charge in [-0.2, -0.15) is 0 Å². The molecule has 122 valence electrons. The summed E-state index contributed by atoms with van der Waals surface area (Å²) in [5, 5.41) is 18.1. The van der Waals surface area contributed by atoms with Crippen molar-refractivity contribution in [1.82, 2.24) is 24.5 Å². The first-order valence-electron chi connectivity index (χ1n) is 8.13. The number of aromatic nitrogens is 5. The van der Waals surface area contributed by atoms with Crippen LogP contribution in [-0.2, 0) is 13.1 Å². The average Bonchev–Trinajstić information content (AvgIpc) is 3.15. The van der Waals surface area contributed by atoms with E-state index < -0.39 is 0 Å². The number of aryl methyl sites for hydroxylation is 1. The first kappa shape index (κ1) is 14.8. The van der Waals surface area contributed by atoms with Gasteiger partial charge in [-0.05, 0) is 37.6 Å².